The lowest BCUT2D eigenvalue weighted by Crippen LogP contribution is -2.53. The molecule has 224 valence electrons. The summed E-state index contributed by atoms with van der Waals surface area (Å²) >= 11 is 6.09. The second kappa shape index (κ2) is 14.1. The third kappa shape index (κ3) is 7.83. The van der Waals surface area contributed by atoms with Gasteiger partial charge in [-0.05, 0) is 80.8 Å². The topological polar surface area (TPSA) is 96.0 Å². The average Bonchev–Trinajstić information content (AvgIpc) is 2.99. The van der Waals surface area contributed by atoms with E-state index in [2.05, 4.69) is 5.32 Å². The highest BCUT2D eigenvalue weighted by Gasteiger charge is 2.33. The summed E-state index contributed by atoms with van der Waals surface area (Å²) in [6.07, 6.45) is 5.08. The molecule has 4 rings (SSSR count). The molecule has 0 aromatic heterocycles. The Balaban J connectivity index is 1.66. The molecule has 1 N–H and O–H groups in total. The maximum Gasteiger partial charge on any atom is 0.264 e. The second-order valence-corrected chi connectivity index (χ2v) is 13.0. The zero-order valence-electron chi connectivity index (χ0n) is 24.3. The molecule has 0 unspecified atom stereocenters. The largest absolute Gasteiger partial charge is 0.497 e. The van der Waals surface area contributed by atoms with Gasteiger partial charge in [-0.25, -0.2) is 8.42 Å². The normalized spacial score (nSPS) is 14.6. The van der Waals surface area contributed by atoms with Crippen molar-refractivity contribution in [2.24, 2.45) is 0 Å². The number of benzene rings is 3. The van der Waals surface area contributed by atoms with Crippen LogP contribution in [0.3, 0.4) is 0 Å². The fourth-order valence-electron chi connectivity index (χ4n) is 5.05. The number of carbonyl (C=O) groups is 2. The molecule has 3 aromatic rings. The molecule has 1 atom stereocenters. The van der Waals surface area contributed by atoms with Crippen LogP contribution in [0.4, 0.5) is 5.69 Å². The van der Waals surface area contributed by atoms with Crippen molar-refractivity contribution in [2.75, 3.05) is 18.0 Å². The smallest absolute Gasteiger partial charge is 0.264 e. The Kier molecular flexibility index (Phi) is 10.5. The van der Waals surface area contributed by atoms with Gasteiger partial charge in [-0.1, -0.05) is 60.7 Å². The molecular weight excluding hydrogens is 574 g/mol. The number of sulfonamides is 1. The number of hydrogen-bond donors (Lipinski definition) is 1. The van der Waals surface area contributed by atoms with Crippen LogP contribution in [0.5, 0.6) is 5.75 Å². The minimum Gasteiger partial charge on any atom is -0.497 e. The lowest BCUT2D eigenvalue weighted by atomic mass is 9.95. The summed E-state index contributed by atoms with van der Waals surface area (Å²) in [6.45, 7) is 3.16. The van der Waals surface area contributed by atoms with Gasteiger partial charge in [-0.3, -0.25) is 13.9 Å². The molecule has 1 aliphatic rings. The van der Waals surface area contributed by atoms with Crippen LogP contribution in [0, 0.1) is 6.92 Å². The summed E-state index contributed by atoms with van der Waals surface area (Å²) in [7, 11) is -2.57. The first-order valence-corrected chi connectivity index (χ1v) is 16.0. The van der Waals surface area contributed by atoms with Gasteiger partial charge in [-0.2, -0.15) is 0 Å². The number of carbonyl (C=O) groups excluding carboxylic acids is 2. The van der Waals surface area contributed by atoms with Gasteiger partial charge in [-0.15, -0.1) is 0 Å². The van der Waals surface area contributed by atoms with Crippen molar-refractivity contribution in [1.82, 2.24) is 10.2 Å². The van der Waals surface area contributed by atoms with Crippen molar-refractivity contribution < 1.29 is 22.7 Å². The number of ether oxygens (including phenoxy) is 1. The van der Waals surface area contributed by atoms with Crippen molar-refractivity contribution >= 4 is 39.1 Å². The number of aryl methyl sites for hydroxylation is 1. The minimum atomic E-state index is -4.14. The zero-order valence-corrected chi connectivity index (χ0v) is 25.8. The number of rotatable bonds is 11. The number of nitrogens with one attached hydrogen (secondary N) is 1. The van der Waals surface area contributed by atoms with E-state index in [1.807, 2.05) is 19.1 Å². The van der Waals surface area contributed by atoms with Crippen LogP contribution >= 0.6 is 11.6 Å². The fourth-order valence-corrected chi connectivity index (χ4v) is 6.59. The van der Waals surface area contributed by atoms with E-state index in [0.29, 0.717) is 10.8 Å². The average molecular weight is 612 g/mol. The highest BCUT2D eigenvalue weighted by Crippen LogP contribution is 2.27. The van der Waals surface area contributed by atoms with Gasteiger partial charge in [0.2, 0.25) is 11.8 Å². The third-order valence-electron chi connectivity index (χ3n) is 7.63. The zero-order chi connectivity index (χ0) is 30.3. The Labute approximate surface area is 253 Å². The molecule has 1 fully saturated rings. The van der Waals surface area contributed by atoms with Crippen molar-refractivity contribution in [3.05, 3.63) is 88.9 Å². The fraction of sp³-hybridized carbons (Fsp3) is 0.375. The molecule has 8 nitrogen and oxygen atoms in total. The van der Waals surface area contributed by atoms with Crippen LogP contribution in [0.2, 0.25) is 5.02 Å². The van der Waals surface area contributed by atoms with Crippen molar-refractivity contribution in [1.29, 1.82) is 0 Å². The summed E-state index contributed by atoms with van der Waals surface area (Å²) in [5.41, 5.74) is 1.98. The number of amides is 2. The molecule has 0 aliphatic heterocycles. The van der Waals surface area contributed by atoms with E-state index < -0.39 is 28.5 Å². The highest BCUT2D eigenvalue weighted by molar-refractivity contribution is 7.92. The first kappa shape index (κ1) is 31.4. The van der Waals surface area contributed by atoms with Gasteiger partial charge < -0.3 is 15.0 Å². The van der Waals surface area contributed by atoms with E-state index in [1.165, 1.54) is 17.0 Å². The number of nitrogens with zero attached hydrogens (tertiary/aromatic N) is 2. The van der Waals surface area contributed by atoms with Crippen LogP contribution in [-0.2, 0) is 26.2 Å². The Morgan fingerprint density at radius 1 is 0.952 bits per heavy atom. The number of halogens is 1. The van der Waals surface area contributed by atoms with Gasteiger partial charge >= 0.3 is 0 Å². The number of hydrogen-bond acceptors (Lipinski definition) is 5. The first-order chi connectivity index (χ1) is 20.1. The second-order valence-electron chi connectivity index (χ2n) is 10.7. The van der Waals surface area contributed by atoms with Crippen LogP contribution in [0.15, 0.2) is 77.7 Å². The highest BCUT2D eigenvalue weighted by atomic mass is 35.5. The molecule has 1 saturated carbocycles. The lowest BCUT2D eigenvalue weighted by molar-refractivity contribution is -0.139. The molecule has 0 spiro atoms. The van der Waals surface area contributed by atoms with Gasteiger partial charge in [0.1, 0.15) is 18.3 Å². The molecule has 0 radical (unpaired) electrons. The van der Waals surface area contributed by atoms with Crippen molar-refractivity contribution in [3.63, 3.8) is 0 Å². The van der Waals surface area contributed by atoms with E-state index in [4.69, 9.17) is 16.3 Å². The predicted octanol–water partition coefficient (Wildman–Crippen LogP) is 5.72. The van der Waals surface area contributed by atoms with E-state index >= 15 is 0 Å². The van der Waals surface area contributed by atoms with E-state index in [-0.39, 0.29) is 29.1 Å². The van der Waals surface area contributed by atoms with Crippen LogP contribution in [0.1, 0.15) is 50.2 Å². The van der Waals surface area contributed by atoms with Crippen molar-refractivity contribution in [2.45, 2.75) is 69.5 Å². The summed E-state index contributed by atoms with van der Waals surface area (Å²) in [4.78, 5) is 29.0. The van der Waals surface area contributed by atoms with Crippen molar-refractivity contribution in [3.8, 4) is 5.75 Å². The minimum absolute atomic E-state index is 0.0562. The van der Waals surface area contributed by atoms with Gasteiger partial charge in [0.05, 0.1) is 17.7 Å². The number of methoxy groups -OCH3 is 1. The predicted molar refractivity (Wildman–Crippen MR) is 165 cm³/mol. The Morgan fingerprint density at radius 2 is 1.57 bits per heavy atom. The van der Waals surface area contributed by atoms with E-state index in [9.17, 15) is 18.0 Å². The molecule has 0 saturated heterocycles. The summed E-state index contributed by atoms with van der Waals surface area (Å²) in [5, 5.41) is 3.55. The molecule has 3 aromatic carbocycles. The van der Waals surface area contributed by atoms with Gasteiger partial charge in [0.15, 0.2) is 0 Å². The first-order valence-electron chi connectivity index (χ1n) is 14.2. The quantitative estimate of drug-likeness (QED) is 0.299. The standard InChI is InChI=1S/C32H38ClN3O5S/c1-23-9-19-30(20-10-23)42(39,40)36(28-15-13-26(33)14-16-28)22-31(37)35(21-25-11-17-29(41-3)18-12-25)24(2)32(38)34-27-7-5-4-6-8-27/h9-20,24,27H,4-8,21-22H2,1-3H3,(H,34,38)/t24-/m0/s1. The van der Waals surface area contributed by atoms with E-state index in [1.54, 1.807) is 62.6 Å². The number of anilines is 1. The van der Waals surface area contributed by atoms with Crippen LogP contribution in [0.25, 0.3) is 0 Å². The Morgan fingerprint density at radius 3 is 2.17 bits per heavy atom. The third-order valence-corrected chi connectivity index (χ3v) is 9.67. The maximum atomic E-state index is 14.1. The summed E-state index contributed by atoms with van der Waals surface area (Å²) < 4.78 is 34.2. The molecule has 0 bridgehead atoms. The molecule has 1 aliphatic carbocycles. The summed E-state index contributed by atoms with van der Waals surface area (Å²) in [5.74, 6) is -0.108. The Hall–Kier alpha value is -3.56. The van der Waals surface area contributed by atoms with Gasteiger partial charge in [0.25, 0.3) is 10.0 Å². The molecule has 2 amide bonds. The maximum absolute atomic E-state index is 14.1. The lowest BCUT2D eigenvalue weighted by Gasteiger charge is -2.33. The molecule has 10 heteroatoms. The molecule has 42 heavy (non-hydrogen) atoms. The molecule has 0 heterocycles. The van der Waals surface area contributed by atoms with Crippen LogP contribution < -0.4 is 14.4 Å². The van der Waals surface area contributed by atoms with Crippen LogP contribution in [-0.4, -0.2) is 50.9 Å². The monoisotopic (exact) mass is 611 g/mol. The van der Waals surface area contributed by atoms with Gasteiger partial charge in [0, 0.05) is 17.6 Å². The Bertz CT molecular complexity index is 1460. The SMILES string of the molecule is COc1ccc(CN(C(=O)CN(c2ccc(Cl)cc2)S(=O)(=O)c2ccc(C)cc2)[C@@H](C)C(=O)NC2CCCCC2)cc1. The molecular formula is C32H38ClN3O5S. The summed E-state index contributed by atoms with van der Waals surface area (Å²) in [6, 6.07) is 19.2. The van der Waals surface area contributed by atoms with E-state index in [0.717, 1.165) is 47.5 Å².